The number of H-pyrrole nitrogens is 1. The fraction of sp³-hybridized carbons (Fsp3) is 0.421. The molecule has 1 saturated heterocycles. The molecular weight excluding hydrogens is 272 g/mol. The minimum Gasteiger partial charge on any atom is -0.326 e. The Morgan fingerprint density at radius 3 is 2.59 bits per heavy atom. The molecule has 0 unspecified atom stereocenters. The molecule has 2 heterocycles. The quantitative estimate of drug-likeness (QED) is 0.935. The number of pyridine rings is 1. The van der Waals surface area contributed by atoms with E-state index in [0.717, 1.165) is 22.4 Å². The van der Waals surface area contributed by atoms with Crippen LogP contribution in [-0.2, 0) is 0 Å². The Morgan fingerprint density at radius 1 is 1.14 bits per heavy atom. The highest BCUT2D eigenvalue weighted by Crippen LogP contribution is 2.27. The van der Waals surface area contributed by atoms with Crippen LogP contribution in [0.1, 0.15) is 42.6 Å². The molecule has 1 fully saturated rings. The first kappa shape index (κ1) is 15.0. The Hall–Kier alpha value is -1.87. The first-order valence-corrected chi connectivity index (χ1v) is 8.11. The minimum atomic E-state index is -0.00549. The zero-order valence-electron chi connectivity index (χ0n) is 13.6. The number of nitrogens with one attached hydrogen (secondary N) is 1. The molecular formula is C19H24N2O. The highest BCUT2D eigenvalue weighted by molar-refractivity contribution is 5.64. The van der Waals surface area contributed by atoms with Crippen molar-refractivity contribution in [2.24, 2.45) is 0 Å². The first-order valence-electron chi connectivity index (χ1n) is 8.11. The summed E-state index contributed by atoms with van der Waals surface area (Å²) in [6.45, 7) is 8.58. The zero-order valence-corrected chi connectivity index (χ0v) is 13.6. The summed E-state index contributed by atoms with van der Waals surface area (Å²) in [6.07, 6.45) is 2.59. The van der Waals surface area contributed by atoms with Gasteiger partial charge in [-0.3, -0.25) is 9.69 Å². The molecule has 3 nitrogen and oxygen atoms in total. The number of rotatable bonds is 3. The number of hydrogen-bond donors (Lipinski definition) is 1. The maximum atomic E-state index is 12.3. The molecule has 116 valence electrons. The van der Waals surface area contributed by atoms with Gasteiger partial charge >= 0.3 is 0 Å². The van der Waals surface area contributed by atoms with Gasteiger partial charge in [0.2, 0.25) is 0 Å². The van der Waals surface area contributed by atoms with Crippen molar-refractivity contribution < 1.29 is 0 Å². The summed E-state index contributed by atoms with van der Waals surface area (Å²) in [4.78, 5) is 17.7. The molecule has 0 bridgehead atoms. The van der Waals surface area contributed by atoms with Crippen LogP contribution >= 0.6 is 0 Å². The fourth-order valence-corrected chi connectivity index (χ4v) is 3.25. The van der Waals surface area contributed by atoms with E-state index in [4.69, 9.17) is 0 Å². The number of aromatic nitrogens is 1. The maximum absolute atomic E-state index is 12.3. The van der Waals surface area contributed by atoms with Crippen molar-refractivity contribution in [2.45, 2.75) is 39.7 Å². The SMILES string of the molecule is Cc1cc(-c2cccc([C@@H](C)N3CCCC3)c2)c(=O)[nH]c1C. The third-order valence-corrected chi connectivity index (χ3v) is 4.87. The zero-order chi connectivity index (χ0) is 15.7. The smallest absolute Gasteiger partial charge is 0.256 e. The van der Waals surface area contributed by atoms with Crippen molar-refractivity contribution in [3.63, 3.8) is 0 Å². The van der Waals surface area contributed by atoms with Gasteiger partial charge in [0.05, 0.1) is 0 Å². The number of nitrogens with zero attached hydrogens (tertiary/aromatic N) is 1. The van der Waals surface area contributed by atoms with E-state index >= 15 is 0 Å². The average Bonchev–Trinajstić information content (AvgIpc) is 3.04. The third-order valence-electron chi connectivity index (χ3n) is 4.87. The van der Waals surface area contributed by atoms with Crippen LogP contribution in [-0.4, -0.2) is 23.0 Å². The monoisotopic (exact) mass is 296 g/mol. The van der Waals surface area contributed by atoms with E-state index in [1.807, 2.05) is 26.0 Å². The standard InChI is InChI=1S/C19H24N2O/c1-13-11-18(19(22)20-14(13)2)17-8-6-7-16(12-17)15(3)21-9-4-5-10-21/h6-8,11-12,15H,4-5,9-10H2,1-3H3,(H,20,22)/t15-/m1/s1. The molecule has 2 aromatic rings. The Bertz CT molecular complexity index is 726. The van der Waals surface area contributed by atoms with Gasteiger partial charge in [0, 0.05) is 17.3 Å². The van der Waals surface area contributed by atoms with E-state index in [9.17, 15) is 4.79 Å². The van der Waals surface area contributed by atoms with Crippen molar-refractivity contribution in [2.75, 3.05) is 13.1 Å². The van der Waals surface area contributed by atoms with Gasteiger partial charge in [-0.1, -0.05) is 18.2 Å². The van der Waals surface area contributed by atoms with E-state index in [1.165, 1.54) is 31.5 Å². The molecule has 0 spiro atoms. The van der Waals surface area contributed by atoms with Gasteiger partial charge < -0.3 is 4.98 Å². The summed E-state index contributed by atoms with van der Waals surface area (Å²) in [6, 6.07) is 10.8. The molecule has 1 atom stereocenters. The molecule has 1 aromatic heterocycles. The fourth-order valence-electron chi connectivity index (χ4n) is 3.25. The molecule has 22 heavy (non-hydrogen) atoms. The summed E-state index contributed by atoms with van der Waals surface area (Å²) in [5, 5.41) is 0. The maximum Gasteiger partial charge on any atom is 0.256 e. The van der Waals surface area contributed by atoms with Crippen molar-refractivity contribution in [3.05, 3.63) is 57.5 Å². The van der Waals surface area contributed by atoms with Crippen LogP contribution in [0.4, 0.5) is 0 Å². The number of hydrogen-bond acceptors (Lipinski definition) is 2. The van der Waals surface area contributed by atoms with E-state index in [1.54, 1.807) is 0 Å². The highest BCUT2D eigenvalue weighted by Gasteiger charge is 2.19. The van der Waals surface area contributed by atoms with Crippen LogP contribution in [0.15, 0.2) is 35.1 Å². The molecule has 3 rings (SSSR count). The van der Waals surface area contributed by atoms with Crippen molar-refractivity contribution in [1.29, 1.82) is 0 Å². The highest BCUT2D eigenvalue weighted by atomic mass is 16.1. The van der Waals surface area contributed by atoms with Crippen molar-refractivity contribution in [3.8, 4) is 11.1 Å². The van der Waals surface area contributed by atoms with Gasteiger partial charge in [0.25, 0.3) is 5.56 Å². The lowest BCUT2D eigenvalue weighted by Crippen LogP contribution is -2.23. The van der Waals surface area contributed by atoms with Crippen LogP contribution in [0.2, 0.25) is 0 Å². The van der Waals surface area contributed by atoms with Crippen LogP contribution in [0.3, 0.4) is 0 Å². The van der Waals surface area contributed by atoms with Crippen molar-refractivity contribution in [1.82, 2.24) is 9.88 Å². The van der Waals surface area contributed by atoms with Gasteiger partial charge in [0.15, 0.2) is 0 Å². The average molecular weight is 296 g/mol. The molecule has 3 heteroatoms. The van der Waals surface area contributed by atoms with E-state index in [-0.39, 0.29) is 5.56 Å². The third kappa shape index (κ3) is 2.86. The summed E-state index contributed by atoms with van der Waals surface area (Å²) in [7, 11) is 0. The van der Waals surface area contributed by atoms with Crippen LogP contribution in [0.25, 0.3) is 11.1 Å². The predicted octanol–water partition coefficient (Wildman–Crippen LogP) is 3.82. The van der Waals surface area contributed by atoms with Gasteiger partial charge in [-0.2, -0.15) is 0 Å². The summed E-state index contributed by atoms with van der Waals surface area (Å²) < 4.78 is 0. The Labute approximate surface area is 132 Å². The molecule has 1 aliphatic heterocycles. The lowest BCUT2D eigenvalue weighted by atomic mass is 9.99. The summed E-state index contributed by atoms with van der Waals surface area (Å²) in [5.41, 5.74) is 5.11. The molecule has 1 aromatic carbocycles. The largest absolute Gasteiger partial charge is 0.326 e. The Balaban J connectivity index is 1.97. The van der Waals surface area contributed by atoms with Gasteiger partial charge in [-0.05, 0) is 75.5 Å². The molecule has 1 N–H and O–H groups in total. The van der Waals surface area contributed by atoms with Crippen LogP contribution in [0.5, 0.6) is 0 Å². The summed E-state index contributed by atoms with van der Waals surface area (Å²) >= 11 is 0. The normalized spacial score (nSPS) is 16.9. The van der Waals surface area contributed by atoms with Crippen LogP contribution in [0, 0.1) is 13.8 Å². The molecule has 1 aliphatic rings. The molecule has 0 saturated carbocycles. The number of likely N-dealkylation sites (tertiary alicyclic amines) is 1. The lowest BCUT2D eigenvalue weighted by Gasteiger charge is -2.24. The topological polar surface area (TPSA) is 36.1 Å². The van der Waals surface area contributed by atoms with Gasteiger partial charge in [-0.25, -0.2) is 0 Å². The van der Waals surface area contributed by atoms with E-state index in [2.05, 4.69) is 35.0 Å². The summed E-state index contributed by atoms with van der Waals surface area (Å²) in [5.74, 6) is 0. The second-order valence-corrected chi connectivity index (χ2v) is 6.36. The lowest BCUT2D eigenvalue weighted by molar-refractivity contribution is 0.263. The second kappa shape index (κ2) is 6.09. The van der Waals surface area contributed by atoms with E-state index in [0.29, 0.717) is 6.04 Å². The van der Waals surface area contributed by atoms with E-state index < -0.39 is 0 Å². The Morgan fingerprint density at radius 2 is 1.86 bits per heavy atom. The second-order valence-electron chi connectivity index (χ2n) is 6.36. The minimum absolute atomic E-state index is 0.00549. The molecule has 0 radical (unpaired) electrons. The predicted molar refractivity (Wildman–Crippen MR) is 91.2 cm³/mol. The van der Waals surface area contributed by atoms with Gasteiger partial charge in [0.1, 0.15) is 0 Å². The number of aromatic amines is 1. The number of benzene rings is 1. The van der Waals surface area contributed by atoms with Crippen LogP contribution < -0.4 is 5.56 Å². The number of aryl methyl sites for hydroxylation is 2. The molecule has 0 aliphatic carbocycles. The van der Waals surface area contributed by atoms with Crippen molar-refractivity contribution >= 4 is 0 Å². The Kier molecular flexibility index (Phi) is 4.16. The molecule has 0 amide bonds. The first-order chi connectivity index (χ1) is 10.6. The van der Waals surface area contributed by atoms with Gasteiger partial charge in [-0.15, -0.1) is 0 Å².